The van der Waals surface area contributed by atoms with Crippen LogP contribution in [-0.4, -0.2) is 37.3 Å². The number of hydrogen-bond acceptors (Lipinski definition) is 2. The molecule has 0 amide bonds. The molecule has 0 bridgehead atoms. The Hall–Kier alpha value is -0.150. The molecule has 1 heterocycles. The minimum Gasteiger partial charge on any atom is -0.324 e. The Kier molecular flexibility index (Phi) is 1.48. The van der Waals surface area contributed by atoms with Crippen molar-refractivity contribution in [3.05, 3.63) is 0 Å². The van der Waals surface area contributed by atoms with E-state index in [-0.39, 0.29) is 18.1 Å². The number of hydrogen-bond donors (Lipinski definition) is 1. The van der Waals surface area contributed by atoms with Crippen LogP contribution in [0.5, 0.6) is 0 Å². The first-order valence-corrected chi connectivity index (χ1v) is 4.19. The minimum absolute atomic E-state index is 0.0362. The lowest BCUT2D eigenvalue weighted by Crippen LogP contribution is -2.60. The van der Waals surface area contributed by atoms with E-state index in [0.717, 1.165) is 19.5 Å². The molecule has 0 unspecified atom stereocenters. The quantitative estimate of drug-likeness (QED) is 0.592. The van der Waals surface area contributed by atoms with E-state index in [1.165, 1.54) is 0 Å². The zero-order valence-corrected chi connectivity index (χ0v) is 6.89. The second kappa shape index (κ2) is 2.17. The molecule has 0 aromatic carbocycles. The molecule has 0 radical (unpaired) electrons. The molecule has 1 saturated carbocycles. The predicted octanol–water partition coefficient (Wildman–Crippen LogP) is 0.235. The van der Waals surface area contributed by atoms with Gasteiger partial charge in [0.05, 0.1) is 6.67 Å². The highest BCUT2D eigenvalue weighted by molar-refractivity contribution is 5.12. The lowest BCUT2D eigenvalue weighted by Gasteiger charge is -2.47. The van der Waals surface area contributed by atoms with E-state index in [1.54, 1.807) is 0 Å². The van der Waals surface area contributed by atoms with Gasteiger partial charge in [-0.15, -0.1) is 0 Å². The van der Waals surface area contributed by atoms with Gasteiger partial charge in [-0.3, -0.25) is 4.39 Å². The van der Waals surface area contributed by atoms with Gasteiger partial charge in [0, 0.05) is 18.6 Å². The van der Waals surface area contributed by atoms with Gasteiger partial charge in [0.2, 0.25) is 0 Å². The van der Waals surface area contributed by atoms with E-state index in [0.29, 0.717) is 5.92 Å². The van der Waals surface area contributed by atoms with Crippen molar-refractivity contribution < 1.29 is 4.39 Å². The zero-order chi connectivity index (χ0) is 8.06. The average Bonchev–Trinajstić information content (AvgIpc) is 2.14. The van der Waals surface area contributed by atoms with Crippen molar-refractivity contribution in [3.63, 3.8) is 0 Å². The summed E-state index contributed by atoms with van der Waals surface area (Å²) in [5.41, 5.74) is 6.02. The Balaban J connectivity index is 2.05. The highest BCUT2D eigenvalue weighted by Gasteiger charge is 2.55. The van der Waals surface area contributed by atoms with Crippen molar-refractivity contribution in [2.75, 3.05) is 26.8 Å². The van der Waals surface area contributed by atoms with Crippen LogP contribution < -0.4 is 5.73 Å². The molecule has 1 saturated heterocycles. The van der Waals surface area contributed by atoms with Crippen molar-refractivity contribution >= 4 is 0 Å². The summed E-state index contributed by atoms with van der Waals surface area (Å²) in [5.74, 6) is 0.683. The number of fused-ring (bicyclic) bond motifs is 1. The lowest BCUT2D eigenvalue weighted by molar-refractivity contribution is 0.0629. The number of likely N-dealkylation sites (N-methyl/N-ethyl adjacent to an activating group) is 1. The molecule has 2 N–H and O–H groups in total. The normalized spacial score (nSPS) is 50.5. The molecule has 0 aromatic rings. The molecular formula is C8H15FN2. The van der Waals surface area contributed by atoms with E-state index in [4.69, 9.17) is 5.73 Å². The molecular weight excluding hydrogens is 143 g/mol. The minimum atomic E-state index is -0.183. The number of nitrogens with two attached hydrogens (primary N) is 1. The third kappa shape index (κ3) is 0.908. The van der Waals surface area contributed by atoms with Crippen LogP contribution in [0.3, 0.4) is 0 Å². The molecule has 64 valence electrons. The van der Waals surface area contributed by atoms with E-state index in [9.17, 15) is 4.39 Å². The van der Waals surface area contributed by atoms with Crippen molar-refractivity contribution in [1.82, 2.24) is 4.90 Å². The summed E-state index contributed by atoms with van der Waals surface area (Å²) in [7, 11) is 2.06. The summed E-state index contributed by atoms with van der Waals surface area (Å²) in [6, 6.07) is 0. The molecule has 1 aliphatic carbocycles. The number of nitrogens with zero attached hydrogens (tertiary/aromatic N) is 1. The molecule has 1 aliphatic heterocycles. The van der Waals surface area contributed by atoms with Crippen LogP contribution in [0.15, 0.2) is 0 Å². The standard InChI is InChI=1S/C8H15FN2/c1-11-4-7-6(3-9)2-8(7,10)5-11/h6-7H,2-5,10H2,1H3/t6-,7-,8+/m0/s1. The van der Waals surface area contributed by atoms with Crippen molar-refractivity contribution in [2.24, 2.45) is 17.6 Å². The smallest absolute Gasteiger partial charge is 0.0927 e. The molecule has 0 spiro atoms. The summed E-state index contributed by atoms with van der Waals surface area (Å²) in [5, 5.41) is 0. The Morgan fingerprint density at radius 3 is 3.00 bits per heavy atom. The van der Waals surface area contributed by atoms with Gasteiger partial charge in [0.1, 0.15) is 0 Å². The Morgan fingerprint density at radius 1 is 1.73 bits per heavy atom. The Bertz CT molecular complexity index is 173. The molecule has 3 atom stereocenters. The van der Waals surface area contributed by atoms with Crippen LogP contribution in [0.25, 0.3) is 0 Å². The molecule has 2 aliphatic rings. The zero-order valence-electron chi connectivity index (χ0n) is 6.89. The van der Waals surface area contributed by atoms with Crippen LogP contribution in [0, 0.1) is 11.8 Å². The second-order valence-corrected chi connectivity index (χ2v) is 4.15. The SMILES string of the molecule is CN1C[C@H]2[C@H](CF)C[C@@]2(N)C1. The third-order valence-electron chi connectivity index (χ3n) is 3.22. The summed E-state index contributed by atoms with van der Waals surface area (Å²) in [4.78, 5) is 2.21. The first-order valence-electron chi connectivity index (χ1n) is 4.19. The number of likely N-dealkylation sites (tertiary alicyclic amines) is 1. The molecule has 3 heteroatoms. The van der Waals surface area contributed by atoms with Crippen molar-refractivity contribution in [3.8, 4) is 0 Å². The summed E-state index contributed by atoms with van der Waals surface area (Å²) >= 11 is 0. The summed E-state index contributed by atoms with van der Waals surface area (Å²) in [6.45, 7) is 1.76. The van der Waals surface area contributed by atoms with E-state index < -0.39 is 0 Å². The van der Waals surface area contributed by atoms with Crippen molar-refractivity contribution in [1.29, 1.82) is 0 Å². The number of rotatable bonds is 1. The fourth-order valence-corrected chi connectivity index (χ4v) is 2.67. The first kappa shape index (κ1) is 7.50. The molecule has 2 nitrogen and oxygen atoms in total. The highest BCUT2D eigenvalue weighted by atomic mass is 19.1. The van der Waals surface area contributed by atoms with E-state index >= 15 is 0 Å². The van der Waals surface area contributed by atoms with Gasteiger partial charge in [-0.05, 0) is 25.3 Å². The summed E-state index contributed by atoms with van der Waals surface area (Å²) in [6.07, 6.45) is 0.887. The van der Waals surface area contributed by atoms with E-state index in [2.05, 4.69) is 11.9 Å². The van der Waals surface area contributed by atoms with Crippen molar-refractivity contribution in [2.45, 2.75) is 12.0 Å². The predicted molar refractivity (Wildman–Crippen MR) is 42.0 cm³/mol. The Labute approximate surface area is 66.5 Å². The van der Waals surface area contributed by atoms with Crippen LogP contribution in [0.4, 0.5) is 4.39 Å². The maximum Gasteiger partial charge on any atom is 0.0927 e. The van der Waals surface area contributed by atoms with Gasteiger partial charge in [0.15, 0.2) is 0 Å². The maximum atomic E-state index is 12.3. The van der Waals surface area contributed by atoms with Crippen LogP contribution >= 0.6 is 0 Å². The average molecular weight is 158 g/mol. The van der Waals surface area contributed by atoms with Gasteiger partial charge < -0.3 is 10.6 Å². The molecule has 0 aromatic heterocycles. The van der Waals surface area contributed by atoms with Gasteiger partial charge in [0.25, 0.3) is 0 Å². The topological polar surface area (TPSA) is 29.3 Å². The van der Waals surface area contributed by atoms with Gasteiger partial charge in [-0.1, -0.05) is 0 Å². The monoisotopic (exact) mass is 158 g/mol. The molecule has 2 rings (SSSR count). The Morgan fingerprint density at radius 2 is 2.45 bits per heavy atom. The fraction of sp³-hybridized carbons (Fsp3) is 1.00. The first-order chi connectivity index (χ1) is 5.15. The third-order valence-corrected chi connectivity index (χ3v) is 3.22. The lowest BCUT2D eigenvalue weighted by atomic mass is 9.62. The molecule has 2 fully saturated rings. The van der Waals surface area contributed by atoms with Gasteiger partial charge >= 0.3 is 0 Å². The fourth-order valence-electron chi connectivity index (χ4n) is 2.67. The second-order valence-electron chi connectivity index (χ2n) is 4.15. The summed E-state index contributed by atoms with van der Waals surface area (Å²) < 4.78 is 12.3. The van der Waals surface area contributed by atoms with Gasteiger partial charge in [-0.2, -0.15) is 0 Å². The number of alkyl halides is 1. The van der Waals surface area contributed by atoms with Gasteiger partial charge in [-0.25, -0.2) is 0 Å². The van der Waals surface area contributed by atoms with Crippen LogP contribution in [0.2, 0.25) is 0 Å². The van der Waals surface area contributed by atoms with E-state index in [1.807, 2.05) is 0 Å². The van der Waals surface area contributed by atoms with Crippen LogP contribution in [0.1, 0.15) is 6.42 Å². The highest BCUT2D eigenvalue weighted by Crippen LogP contribution is 2.46. The maximum absolute atomic E-state index is 12.3. The largest absolute Gasteiger partial charge is 0.324 e. The number of halogens is 1. The molecule has 11 heavy (non-hydrogen) atoms. The van der Waals surface area contributed by atoms with Crippen LogP contribution in [-0.2, 0) is 0 Å².